The molecule has 6 heteroatoms. The molecule has 0 aliphatic rings. The summed E-state index contributed by atoms with van der Waals surface area (Å²) in [7, 11) is 0. The molecule has 0 N–H and O–H groups in total. The Hall–Kier alpha value is -9.13. The second-order valence-corrected chi connectivity index (χ2v) is 18.5. The van der Waals surface area contributed by atoms with Crippen LogP contribution in [0.3, 0.4) is 0 Å². The molecule has 6 nitrogen and oxygen atoms in total. The minimum Gasteiger partial charge on any atom is -0.308 e. The van der Waals surface area contributed by atoms with E-state index in [1.807, 2.05) is 72.8 Å². The summed E-state index contributed by atoms with van der Waals surface area (Å²) < 4.78 is 2.39. The Labute approximate surface area is 413 Å². The summed E-state index contributed by atoms with van der Waals surface area (Å²) in [5.74, 6) is 2.31. The molecule has 12 aromatic rings. The third-order valence-corrected chi connectivity index (χ3v) is 13.2. The highest BCUT2D eigenvalue weighted by Crippen LogP contribution is 2.42. The zero-order chi connectivity index (χ0) is 48.0. The predicted octanol–water partition coefficient (Wildman–Crippen LogP) is 16.3. The van der Waals surface area contributed by atoms with Gasteiger partial charge in [-0.1, -0.05) is 192 Å². The van der Waals surface area contributed by atoms with Crippen molar-refractivity contribution in [3.05, 3.63) is 241 Å². The molecule has 0 saturated carbocycles. The third kappa shape index (κ3) is 8.46. The van der Waals surface area contributed by atoms with Crippen LogP contribution in [-0.2, 0) is 0 Å². The van der Waals surface area contributed by atoms with Gasteiger partial charge in [-0.25, -0.2) is 24.9 Å². The van der Waals surface area contributed by atoms with E-state index in [-0.39, 0.29) is 0 Å². The first-order valence-corrected chi connectivity index (χ1v) is 24.1. The van der Waals surface area contributed by atoms with Gasteiger partial charge in [-0.05, 0) is 98.5 Å². The quantitative estimate of drug-likeness (QED) is 0.144. The summed E-state index contributed by atoms with van der Waals surface area (Å²) in [4.78, 5) is 26.3. The maximum absolute atomic E-state index is 5.46. The van der Waals surface area contributed by atoms with E-state index in [1.165, 1.54) is 44.5 Å². The van der Waals surface area contributed by atoms with Crippen molar-refractivity contribution in [1.82, 2.24) is 29.5 Å². The van der Waals surface area contributed by atoms with Crippen LogP contribution < -0.4 is 0 Å². The zero-order valence-electron chi connectivity index (χ0n) is 40.0. The minimum absolute atomic E-state index is 0.548. The van der Waals surface area contributed by atoms with Gasteiger partial charge >= 0.3 is 0 Å². The van der Waals surface area contributed by atoms with Crippen LogP contribution in [0.5, 0.6) is 0 Å². The van der Waals surface area contributed by atoms with E-state index in [0.29, 0.717) is 23.3 Å². The van der Waals surface area contributed by atoms with Gasteiger partial charge in [0, 0.05) is 44.2 Å². The molecule has 3 aromatic heterocycles. The van der Waals surface area contributed by atoms with Gasteiger partial charge in [0.1, 0.15) is 0 Å². The second kappa shape index (κ2) is 18.1. The van der Waals surface area contributed by atoms with Crippen LogP contribution in [-0.4, -0.2) is 29.5 Å². The van der Waals surface area contributed by atoms with Gasteiger partial charge in [-0.2, -0.15) is 0 Å². The molecular formula is C65H48N6. The summed E-state index contributed by atoms with van der Waals surface area (Å²) in [5.41, 5.74) is 19.8. The molecule has 0 spiro atoms. The van der Waals surface area contributed by atoms with Gasteiger partial charge in [0.25, 0.3) is 0 Å². The van der Waals surface area contributed by atoms with Crippen molar-refractivity contribution < 1.29 is 0 Å². The van der Waals surface area contributed by atoms with Crippen molar-refractivity contribution in [2.24, 2.45) is 0 Å². The van der Waals surface area contributed by atoms with Gasteiger partial charge in [0.05, 0.1) is 28.1 Å². The lowest BCUT2D eigenvalue weighted by molar-refractivity contribution is 1.07. The molecule has 12 rings (SSSR count). The Morgan fingerprint density at radius 1 is 0.268 bits per heavy atom. The van der Waals surface area contributed by atoms with Crippen LogP contribution in [0.4, 0.5) is 0 Å². The van der Waals surface area contributed by atoms with Crippen molar-refractivity contribution >= 4 is 21.8 Å². The Bertz CT molecular complexity index is 3690. The van der Waals surface area contributed by atoms with Crippen molar-refractivity contribution in [2.45, 2.75) is 27.7 Å². The van der Waals surface area contributed by atoms with E-state index in [4.69, 9.17) is 24.9 Å². The Morgan fingerprint density at radius 3 is 1.07 bits per heavy atom. The maximum Gasteiger partial charge on any atom is 0.164 e. The van der Waals surface area contributed by atoms with Crippen LogP contribution in [0, 0.1) is 27.7 Å². The SMILES string of the molecule is Cc1cc(C)cc(-c2ccc3c(c2)c2cc(-c4cc(C)cc(C)c4)ccc2n3-c2ccc(-c3nc(-c4ccccc4)nc(-c4ccccc4)n3)cc2-c2nc(-c3ccccc3)cc(-c3ccccc3)n2)c1. The molecule has 0 amide bonds. The van der Waals surface area contributed by atoms with E-state index >= 15 is 0 Å². The highest BCUT2D eigenvalue weighted by Gasteiger charge is 2.22. The fourth-order valence-corrected chi connectivity index (χ4v) is 9.99. The number of aromatic nitrogens is 6. The largest absolute Gasteiger partial charge is 0.308 e. The molecule has 71 heavy (non-hydrogen) atoms. The number of hydrogen-bond acceptors (Lipinski definition) is 5. The number of fused-ring (bicyclic) bond motifs is 3. The van der Waals surface area contributed by atoms with Crippen LogP contribution in [0.15, 0.2) is 218 Å². The lowest BCUT2D eigenvalue weighted by atomic mass is 9.97. The molecule has 0 aliphatic heterocycles. The predicted molar refractivity (Wildman–Crippen MR) is 292 cm³/mol. The molecule has 0 fully saturated rings. The van der Waals surface area contributed by atoms with Gasteiger partial charge in [-0.3, -0.25) is 0 Å². The summed E-state index contributed by atoms with van der Waals surface area (Å²) in [6.07, 6.45) is 0. The lowest BCUT2D eigenvalue weighted by Crippen LogP contribution is -2.04. The van der Waals surface area contributed by atoms with E-state index in [1.54, 1.807) is 0 Å². The first-order valence-electron chi connectivity index (χ1n) is 24.1. The molecule has 9 aromatic carbocycles. The van der Waals surface area contributed by atoms with Crippen molar-refractivity contribution in [3.63, 3.8) is 0 Å². The lowest BCUT2D eigenvalue weighted by Gasteiger charge is -2.17. The minimum atomic E-state index is 0.548. The maximum atomic E-state index is 5.46. The zero-order valence-corrected chi connectivity index (χ0v) is 40.0. The summed E-state index contributed by atoms with van der Waals surface area (Å²) in [5, 5.41) is 2.30. The van der Waals surface area contributed by atoms with Crippen LogP contribution in [0.25, 0.3) is 118 Å². The van der Waals surface area contributed by atoms with E-state index in [0.717, 1.165) is 72.3 Å². The molecule has 0 radical (unpaired) electrons. The standard InChI is InChI=1S/C65H48N6/c1-41-31-42(2)34-52(33-41)49-25-28-59-54(37-49)55-38-50(53-35-43(3)32-44(4)36-53)26-29-60(55)71(59)61-30-27-51(64-69-62(47-21-13-7-14-22-47)68-63(70-64)48-23-15-8-16-24-48)39-56(61)65-66-57(45-17-9-5-10-18-45)40-58(67-65)46-19-11-6-12-20-46/h5-40H,1-4H3. The molecule has 0 bridgehead atoms. The second-order valence-electron chi connectivity index (χ2n) is 18.5. The van der Waals surface area contributed by atoms with E-state index in [9.17, 15) is 0 Å². The highest BCUT2D eigenvalue weighted by atomic mass is 15.0. The van der Waals surface area contributed by atoms with Gasteiger partial charge in [0.15, 0.2) is 23.3 Å². The van der Waals surface area contributed by atoms with Gasteiger partial charge < -0.3 is 4.57 Å². The number of rotatable bonds is 9. The summed E-state index contributed by atoms with van der Waals surface area (Å²) in [6, 6.07) is 76.8. The molecule has 3 heterocycles. The summed E-state index contributed by atoms with van der Waals surface area (Å²) >= 11 is 0. The molecular weight excluding hydrogens is 865 g/mol. The molecule has 338 valence electrons. The van der Waals surface area contributed by atoms with Crippen LogP contribution >= 0.6 is 0 Å². The Morgan fingerprint density at radius 2 is 0.648 bits per heavy atom. The van der Waals surface area contributed by atoms with Gasteiger partial charge in [0.2, 0.25) is 0 Å². The highest BCUT2D eigenvalue weighted by molar-refractivity contribution is 6.12. The fraction of sp³-hybridized carbons (Fsp3) is 0.0615. The van der Waals surface area contributed by atoms with Crippen LogP contribution in [0.1, 0.15) is 22.3 Å². The average molecular weight is 913 g/mol. The first kappa shape index (κ1) is 43.2. The van der Waals surface area contributed by atoms with Crippen molar-refractivity contribution in [1.29, 1.82) is 0 Å². The topological polar surface area (TPSA) is 69.4 Å². The number of nitrogens with zero attached hydrogens (tertiary/aromatic N) is 6. The average Bonchev–Trinajstić information content (AvgIpc) is 3.73. The van der Waals surface area contributed by atoms with Crippen LogP contribution in [0.2, 0.25) is 0 Å². The first-order chi connectivity index (χ1) is 34.8. The molecule has 0 aliphatic carbocycles. The van der Waals surface area contributed by atoms with E-state index < -0.39 is 0 Å². The fourth-order valence-electron chi connectivity index (χ4n) is 9.99. The van der Waals surface area contributed by atoms with Crippen molar-refractivity contribution in [3.8, 4) is 96.0 Å². The van der Waals surface area contributed by atoms with Crippen molar-refractivity contribution in [2.75, 3.05) is 0 Å². The monoisotopic (exact) mass is 912 g/mol. The molecule has 0 saturated heterocycles. The summed E-state index contributed by atoms with van der Waals surface area (Å²) in [6.45, 7) is 8.68. The Balaban J connectivity index is 1.15. The molecule has 0 unspecified atom stereocenters. The number of hydrogen-bond donors (Lipinski definition) is 0. The third-order valence-electron chi connectivity index (χ3n) is 13.2. The van der Waals surface area contributed by atoms with E-state index in [2.05, 4.69) is 178 Å². The van der Waals surface area contributed by atoms with Gasteiger partial charge in [-0.15, -0.1) is 0 Å². The smallest absolute Gasteiger partial charge is 0.164 e. The Kier molecular flexibility index (Phi) is 11.0. The normalized spacial score (nSPS) is 11.4. The number of aryl methyl sites for hydroxylation is 4. The number of benzene rings is 9. The molecule has 0 atom stereocenters.